The minimum Gasteiger partial charge on any atom is -0.387 e. The molecule has 1 amide bonds. The smallest absolute Gasteiger partial charge is 0.251 e. The van der Waals surface area contributed by atoms with Crippen LogP contribution in [0, 0.1) is 12.8 Å². The van der Waals surface area contributed by atoms with Crippen molar-refractivity contribution >= 4 is 22.9 Å². The molecule has 1 aromatic carbocycles. The lowest BCUT2D eigenvalue weighted by Crippen LogP contribution is -2.29. The van der Waals surface area contributed by atoms with Crippen molar-refractivity contribution in [2.75, 3.05) is 11.9 Å². The summed E-state index contributed by atoms with van der Waals surface area (Å²) in [6, 6.07) is 7.87. The molecule has 130 valence electrons. The van der Waals surface area contributed by atoms with Crippen LogP contribution in [0.1, 0.15) is 48.4 Å². The van der Waals surface area contributed by atoms with E-state index in [-0.39, 0.29) is 12.5 Å². The fraction of sp³-hybridized carbons (Fsp3) is 0.421. The monoisotopic (exact) mass is 346 g/mol. The zero-order chi connectivity index (χ0) is 17.7. The molecule has 0 spiro atoms. The Kier molecular flexibility index (Phi) is 6.40. The number of nitrogens with one attached hydrogen (secondary N) is 2. The Morgan fingerprint density at radius 2 is 2.00 bits per heavy atom. The number of anilines is 1. The molecule has 0 bridgehead atoms. The van der Waals surface area contributed by atoms with E-state index in [4.69, 9.17) is 0 Å². The van der Waals surface area contributed by atoms with Gasteiger partial charge >= 0.3 is 0 Å². The Balaban J connectivity index is 2.04. The molecule has 0 aliphatic heterocycles. The summed E-state index contributed by atoms with van der Waals surface area (Å²) >= 11 is 1.53. The Hall–Kier alpha value is -1.85. The number of hydrogen-bond acceptors (Lipinski definition) is 4. The molecule has 24 heavy (non-hydrogen) atoms. The fourth-order valence-corrected chi connectivity index (χ4v) is 3.02. The highest BCUT2D eigenvalue weighted by Gasteiger charge is 2.15. The average molecular weight is 346 g/mol. The van der Waals surface area contributed by atoms with Gasteiger partial charge in [-0.2, -0.15) is 11.3 Å². The summed E-state index contributed by atoms with van der Waals surface area (Å²) < 4.78 is 0. The van der Waals surface area contributed by atoms with Crippen LogP contribution in [0.15, 0.2) is 35.0 Å². The highest BCUT2D eigenvalue weighted by molar-refractivity contribution is 7.07. The van der Waals surface area contributed by atoms with Crippen LogP contribution >= 0.6 is 11.3 Å². The first kappa shape index (κ1) is 18.5. The summed E-state index contributed by atoms with van der Waals surface area (Å²) in [5.41, 5.74) is 3.36. The molecule has 0 saturated carbocycles. The summed E-state index contributed by atoms with van der Waals surface area (Å²) in [6.45, 7) is 8.60. The van der Waals surface area contributed by atoms with E-state index in [1.54, 1.807) is 0 Å². The second-order valence-corrected chi connectivity index (χ2v) is 7.22. The van der Waals surface area contributed by atoms with Crippen molar-refractivity contribution in [3.63, 3.8) is 0 Å². The van der Waals surface area contributed by atoms with E-state index in [1.807, 2.05) is 41.9 Å². The van der Waals surface area contributed by atoms with E-state index in [1.165, 1.54) is 11.3 Å². The number of carbonyl (C=O) groups excluding carboxylic acids is 1. The van der Waals surface area contributed by atoms with Crippen molar-refractivity contribution in [1.29, 1.82) is 0 Å². The van der Waals surface area contributed by atoms with Crippen molar-refractivity contribution in [3.05, 3.63) is 51.7 Å². The molecule has 2 aromatic rings. The number of aliphatic hydroxyl groups excluding tert-OH is 1. The van der Waals surface area contributed by atoms with Gasteiger partial charge in [0.2, 0.25) is 0 Å². The number of benzene rings is 1. The SMILES string of the molecule is Cc1c(NC(C)C(C)C)cccc1C(=O)NCC(O)c1ccsc1. The van der Waals surface area contributed by atoms with Crippen LogP contribution in [-0.4, -0.2) is 23.6 Å². The third-order valence-corrected chi connectivity index (χ3v) is 5.05. The van der Waals surface area contributed by atoms with Gasteiger partial charge < -0.3 is 15.7 Å². The van der Waals surface area contributed by atoms with Crippen molar-refractivity contribution in [1.82, 2.24) is 5.32 Å². The van der Waals surface area contributed by atoms with Gasteiger partial charge in [-0.3, -0.25) is 4.79 Å². The summed E-state index contributed by atoms with van der Waals surface area (Å²) in [5, 5.41) is 20.2. The highest BCUT2D eigenvalue weighted by Crippen LogP contribution is 2.22. The third-order valence-electron chi connectivity index (χ3n) is 4.35. The van der Waals surface area contributed by atoms with Gasteiger partial charge in [-0.25, -0.2) is 0 Å². The lowest BCUT2D eigenvalue weighted by atomic mass is 10.0. The highest BCUT2D eigenvalue weighted by atomic mass is 32.1. The average Bonchev–Trinajstić information content (AvgIpc) is 3.08. The van der Waals surface area contributed by atoms with E-state index in [2.05, 4.69) is 31.4 Å². The zero-order valence-corrected chi connectivity index (χ0v) is 15.5. The zero-order valence-electron chi connectivity index (χ0n) is 14.7. The van der Waals surface area contributed by atoms with Crippen LogP contribution in [0.4, 0.5) is 5.69 Å². The molecular formula is C19H26N2O2S. The summed E-state index contributed by atoms with van der Waals surface area (Å²) in [7, 11) is 0. The quantitative estimate of drug-likeness (QED) is 0.711. The van der Waals surface area contributed by atoms with Gasteiger partial charge in [0, 0.05) is 23.8 Å². The molecule has 0 fully saturated rings. The molecule has 2 rings (SSSR count). The van der Waals surface area contributed by atoms with Crippen LogP contribution in [-0.2, 0) is 0 Å². The van der Waals surface area contributed by atoms with Gasteiger partial charge in [-0.15, -0.1) is 0 Å². The second-order valence-electron chi connectivity index (χ2n) is 6.44. The van der Waals surface area contributed by atoms with E-state index in [0.717, 1.165) is 16.8 Å². The van der Waals surface area contributed by atoms with Crippen LogP contribution in [0.2, 0.25) is 0 Å². The molecular weight excluding hydrogens is 320 g/mol. The molecule has 0 saturated heterocycles. The minimum absolute atomic E-state index is 0.164. The number of rotatable bonds is 7. The molecule has 4 nitrogen and oxygen atoms in total. The molecule has 0 radical (unpaired) electrons. The predicted molar refractivity (Wildman–Crippen MR) is 101 cm³/mol. The molecule has 2 atom stereocenters. The standard InChI is InChI=1S/C19H26N2O2S/c1-12(2)14(4)21-17-7-5-6-16(13(17)3)19(23)20-10-18(22)15-8-9-24-11-15/h5-9,11-12,14,18,21-22H,10H2,1-4H3,(H,20,23). The first-order chi connectivity index (χ1) is 11.4. The number of carbonyl (C=O) groups is 1. The van der Waals surface area contributed by atoms with Crippen LogP contribution in [0.5, 0.6) is 0 Å². The fourth-order valence-electron chi connectivity index (χ4n) is 2.32. The van der Waals surface area contributed by atoms with Crippen molar-refractivity contribution in [2.45, 2.75) is 39.8 Å². The van der Waals surface area contributed by atoms with Crippen molar-refractivity contribution in [3.8, 4) is 0 Å². The van der Waals surface area contributed by atoms with Gasteiger partial charge in [0.25, 0.3) is 5.91 Å². The van der Waals surface area contributed by atoms with Gasteiger partial charge in [0.05, 0.1) is 6.10 Å². The van der Waals surface area contributed by atoms with E-state index < -0.39 is 6.10 Å². The lowest BCUT2D eigenvalue weighted by Gasteiger charge is -2.21. The minimum atomic E-state index is -0.678. The maximum Gasteiger partial charge on any atom is 0.251 e. The molecule has 0 aliphatic rings. The maximum atomic E-state index is 12.5. The summed E-state index contributed by atoms with van der Waals surface area (Å²) in [4.78, 5) is 12.5. The van der Waals surface area contributed by atoms with Gasteiger partial charge in [0.1, 0.15) is 0 Å². The number of thiophene rings is 1. The van der Waals surface area contributed by atoms with E-state index >= 15 is 0 Å². The van der Waals surface area contributed by atoms with Crippen LogP contribution < -0.4 is 10.6 Å². The molecule has 2 unspecified atom stereocenters. The Bertz CT molecular complexity index is 668. The first-order valence-corrected chi connectivity index (χ1v) is 9.19. The van der Waals surface area contributed by atoms with Crippen LogP contribution in [0.25, 0.3) is 0 Å². The molecule has 1 heterocycles. The Morgan fingerprint density at radius 1 is 1.25 bits per heavy atom. The van der Waals surface area contributed by atoms with E-state index in [0.29, 0.717) is 17.5 Å². The number of amides is 1. The molecule has 1 aromatic heterocycles. The van der Waals surface area contributed by atoms with Gasteiger partial charge in [-0.1, -0.05) is 19.9 Å². The van der Waals surface area contributed by atoms with Crippen molar-refractivity contribution in [2.24, 2.45) is 5.92 Å². The lowest BCUT2D eigenvalue weighted by molar-refractivity contribution is 0.0916. The second kappa shape index (κ2) is 8.31. The largest absolute Gasteiger partial charge is 0.387 e. The van der Waals surface area contributed by atoms with Crippen LogP contribution in [0.3, 0.4) is 0 Å². The normalized spacial score (nSPS) is 13.6. The predicted octanol–water partition coefficient (Wildman–Crippen LogP) is 3.98. The molecule has 5 heteroatoms. The van der Waals surface area contributed by atoms with Gasteiger partial charge in [-0.05, 0) is 59.9 Å². The molecule has 3 N–H and O–H groups in total. The Morgan fingerprint density at radius 3 is 2.62 bits per heavy atom. The van der Waals surface area contributed by atoms with Crippen molar-refractivity contribution < 1.29 is 9.90 Å². The number of hydrogen-bond donors (Lipinski definition) is 3. The number of aliphatic hydroxyl groups is 1. The molecule has 0 aliphatic carbocycles. The maximum absolute atomic E-state index is 12.5. The Labute approximate surface area is 147 Å². The topological polar surface area (TPSA) is 61.4 Å². The third kappa shape index (κ3) is 4.58. The summed E-state index contributed by atoms with van der Waals surface area (Å²) in [5.74, 6) is 0.338. The summed E-state index contributed by atoms with van der Waals surface area (Å²) in [6.07, 6.45) is -0.678. The van der Waals surface area contributed by atoms with E-state index in [9.17, 15) is 9.90 Å². The van der Waals surface area contributed by atoms with Gasteiger partial charge in [0.15, 0.2) is 0 Å². The first-order valence-electron chi connectivity index (χ1n) is 8.24.